The van der Waals surface area contributed by atoms with Crippen LogP contribution in [0.4, 0.5) is 5.69 Å². The number of rotatable bonds is 5. The Kier molecular flexibility index (Phi) is 3.80. The largest absolute Gasteiger partial charge is 0.478 e. The number of sulfone groups is 1. The number of nitrogens with zero attached hydrogens (tertiary/aromatic N) is 1. The average molecular weight is 297 g/mol. The van der Waals surface area contributed by atoms with E-state index in [1.54, 1.807) is 6.07 Å². The first-order valence-electron chi connectivity index (χ1n) is 6.12. The van der Waals surface area contributed by atoms with Gasteiger partial charge in [-0.1, -0.05) is 0 Å². The standard InChI is InChI=1S/C13H15NO5S/c1-20(18,19)6-2-5-14-11-4-3-9(13(16)17)7-10(11)8-12(14)15/h3-4,7H,2,5-6,8H2,1H3,(H,16,17). The Morgan fingerprint density at radius 1 is 1.40 bits per heavy atom. The van der Waals surface area contributed by atoms with E-state index >= 15 is 0 Å². The third kappa shape index (κ3) is 3.16. The SMILES string of the molecule is CS(=O)(=O)CCCN1C(=O)Cc2cc(C(=O)O)ccc21. The number of carbonyl (C=O) groups is 2. The van der Waals surface area contributed by atoms with E-state index in [1.807, 2.05) is 0 Å². The van der Waals surface area contributed by atoms with Crippen molar-refractivity contribution in [3.8, 4) is 0 Å². The molecule has 0 unspecified atom stereocenters. The summed E-state index contributed by atoms with van der Waals surface area (Å²) in [5, 5.41) is 8.91. The summed E-state index contributed by atoms with van der Waals surface area (Å²) >= 11 is 0. The molecule has 20 heavy (non-hydrogen) atoms. The van der Waals surface area contributed by atoms with Gasteiger partial charge in [0.15, 0.2) is 0 Å². The average Bonchev–Trinajstić information content (AvgIpc) is 2.63. The molecule has 1 amide bonds. The molecular weight excluding hydrogens is 282 g/mol. The zero-order valence-electron chi connectivity index (χ0n) is 11.0. The molecule has 1 aliphatic heterocycles. The van der Waals surface area contributed by atoms with E-state index < -0.39 is 15.8 Å². The van der Waals surface area contributed by atoms with Crippen LogP contribution in [0.5, 0.6) is 0 Å². The van der Waals surface area contributed by atoms with Gasteiger partial charge in [-0.3, -0.25) is 4.79 Å². The predicted molar refractivity (Wildman–Crippen MR) is 73.8 cm³/mol. The number of carboxylic acid groups (broad SMARTS) is 1. The summed E-state index contributed by atoms with van der Waals surface area (Å²) < 4.78 is 22.2. The fourth-order valence-electron chi connectivity index (χ4n) is 2.25. The number of hydrogen-bond acceptors (Lipinski definition) is 4. The van der Waals surface area contributed by atoms with Crippen LogP contribution in [0, 0.1) is 0 Å². The highest BCUT2D eigenvalue weighted by Gasteiger charge is 2.27. The molecule has 1 aromatic carbocycles. The quantitative estimate of drug-likeness (QED) is 0.864. The molecule has 0 fully saturated rings. The summed E-state index contributed by atoms with van der Waals surface area (Å²) in [4.78, 5) is 24.3. The molecule has 0 spiro atoms. The molecule has 1 N–H and O–H groups in total. The number of fused-ring (bicyclic) bond motifs is 1. The molecule has 108 valence electrons. The number of carbonyl (C=O) groups excluding carboxylic acids is 1. The van der Waals surface area contributed by atoms with Gasteiger partial charge in [0.1, 0.15) is 9.84 Å². The van der Waals surface area contributed by atoms with Crippen LogP contribution >= 0.6 is 0 Å². The van der Waals surface area contributed by atoms with Crippen LogP contribution < -0.4 is 4.90 Å². The van der Waals surface area contributed by atoms with Crippen molar-refractivity contribution in [3.05, 3.63) is 29.3 Å². The molecule has 2 rings (SSSR count). The van der Waals surface area contributed by atoms with Crippen LogP contribution in [0.25, 0.3) is 0 Å². The molecular formula is C13H15NO5S. The van der Waals surface area contributed by atoms with E-state index in [0.29, 0.717) is 24.2 Å². The summed E-state index contributed by atoms with van der Waals surface area (Å²) in [6.45, 7) is 0.325. The monoisotopic (exact) mass is 297 g/mol. The van der Waals surface area contributed by atoms with E-state index in [-0.39, 0.29) is 23.6 Å². The highest BCUT2D eigenvalue weighted by molar-refractivity contribution is 7.90. The maximum Gasteiger partial charge on any atom is 0.335 e. The van der Waals surface area contributed by atoms with Gasteiger partial charge in [-0.2, -0.15) is 0 Å². The Labute approximate surface area is 116 Å². The van der Waals surface area contributed by atoms with Gasteiger partial charge in [-0.15, -0.1) is 0 Å². The van der Waals surface area contributed by atoms with Gasteiger partial charge in [-0.05, 0) is 30.2 Å². The van der Waals surface area contributed by atoms with Gasteiger partial charge in [0, 0.05) is 18.5 Å². The second kappa shape index (κ2) is 5.24. The van der Waals surface area contributed by atoms with E-state index in [1.165, 1.54) is 17.0 Å². The van der Waals surface area contributed by atoms with Crippen molar-refractivity contribution >= 4 is 27.4 Å². The topological polar surface area (TPSA) is 91.8 Å². The molecule has 0 bridgehead atoms. The molecule has 0 aromatic heterocycles. The van der Waals surface area contributed by atoms with Crippen LogP contribution in [0.1, 0.15) is 22.3 Å². The lowest BCUT2D eigenvalue weighted by Crippen LogP contribution is -2.28. The summed E-state index contributed by atoms with van der Waals surface area (Å²) in [7, 11) is -3.04. The maximum atomic E-state index is 11.9. The van der Waals surface area contributed by atoms with Crippen LogP contribution in [-0.2, 0) is 21.1 Å². The predicted octanol–water partition coefficient (Wildman–Crippen LogP) is 0.709. The molecule has 7 heteroatoms. The molecule has 1 heterocycles. The second-order valence-corrected chi connectivity index (χ2v) is 7.11. The van der Waals surface area contributed by atoms with Gasteiger partial charge in [0.05, 0.1) is 17.7 Å². The number of benzene rings is 1. The number of anilines is 1. The van der Waals surface area contributed by atoms with Crippen LogP contribution in [0.3, 0.4) is 0 Å². The van der Waals surface area contributed by atoms with Gasteiger partial charge >= 0.3 is 5.97 Å². The van der Waals surface area contributed by atoms with E-state index in [0.717, 1.165) is 6.26 Å². The molecule has 0 atom stereocenters. The van der Waals surface area contributed by atoms with Gasteiger partial charge in [0.2, 0.25) is 5.91 Å². The highest BCUT2D eigenvalue weighted by Crippen LogP contribution is 2.29. The van der Waals surface area contributed by atoms with Gasteiger partial charge in [-0.25, -0.2) is 13.2 Å². The Morgan fingerprint density at radius 2 is 2.10 bits per heavy atom. The first-order chi connectivity index (χ1) is 9.28. The molecule has 6 nitrogen and oxygen atoms in total. The number of amides is 1. The van der Waals surface area contributed by atoms with Crippen molar-refractivity contribution in [2.75, 3.05) is 23.5 Å². The summed E-state index contributed by atoms with van der Waals surface area (Å²) in [6.07, 6.45) is 1.69. The maximum absolute atomic E-state index is 11.9. The van der Waals surface area contributed by atoms with E-state index in [2.05, 4.69) is 0 Å². The fourth-order valence-corrected chi connectivity index (χ4v) is 2.90. The third-order valence-corrected chi connectivity index (χ3v) is 4.19. The minimum absolute atomic E-state index is 0.0271. The fraction of sp³-hybridized carbons (Fsp3) is 0.385. The number of aromatic carboxylic acids is 1. The minimum Gasteiger partial charge on any atom is -0.478 e. The van der Waals surface area contributed by atoms with E-state index in [4.69, 9.17) is 5.11 Å². The Bertz CT molecular complexity index is 665. The van der Waals surface area contributed by atoms with Crippen molar-refractivity contribution in [1.82, 2.24) is 0 Å². The Hall–Kier alpha value is -1.89. The smallest absolute Gasteiger partial charge is 0.335 e. The summed E-state index contributed by atoms with van der Waals surface area (Å²) in [5.74, 6) is -1.13. The molecule has 1 aromatic rings. The molecule has 0 aliphatic carbocycles. The van der Waals surface area contributed by atoms with Crippen LogP contribution in [-0.4, -0.2) is 44.0 Å². The van der Waals surface area contributed by atoms with Crippen molar-refractivity contribution in [3.63, 3.8) is 0 Å². The normalized spacial score (nSPS) is 14.4. The molecule has 0 saturated heterocycles. The van der Waals surface area contributed by atoms with E-state index in [9.17, 15) is 18.0 Å². The molecule has 0 saturated carbocycles. The molecule has 0 radical (unpaired) electrons. The van der Waals surface area contributed by atoms with Crippen molar-refractivity contribution < 1.29 is 23.1 Å². The second-order valence-electron chi connectivity index (χ2n) is 4.85. The zero-order chi connectivity index (χ0) is 14.9. The summed E-state index contributed by atoms with van der Waals surface area (Å²) in [5.41, 5.74) is 1.50. The van der Waals surface area contributed by atoms with Gasteiger partial charge in [0.25, 0.3) is 0 Å². The van der Waals surface area contributed by atoms with Crippen molar-refractivity contribution in [1.29, 1.82) is 0 Å². The lowest BCUT2D eigenvalue weighted by Gasteiger charge is -2.17. The van der Waals surface area contributed by atoms with Crippen LogP contribution in [0.2, 0.25) is 0 Å². The zero-order valence-corrected chi connectivity index (χ0v) is 11.8. The lowest BCUT2D eigenvalue weighted by atomic mass is 10.1. The molecule has 1 aliphatic rings. The first-order valence-corrected chi connectivity index (χ1v) is 8.18. The Balaban J connectivity index is 2.14. The highest BCUT2D eigenvalue weighted by atomic mass is 32.2. The first kappa shape index (κ1) is 14.5. The minimum atomic E-state index is -3.04. The number of carboxylic acids is 1. The van der Waals surface area contributed by atoms with Gasteiger partial charge < -0.3 is 10.0 Å². The summed E-state index contributed by atoms with van der Waals surface area (Å²) in [6, 6.07) is 4.54. The third-order valence-electron chi connectivity index (χ3n) is 3.16. The lowest BCUT2D eigenvalue weighted by molar-refractivity contribution is -0.117. The van der Waals surface area contributed by atoms with Crippen molar-refractivity contribution in [2.24, 2.45) is 0 Å². The Morgan fingerprint density at radius 3 is 2.70 bits per heavy atom. The number of hydrogen-bond donors (Lipinski definition) is 1. The van der Waals surface area contributed by atoms with Crippen molar-refractivity contribution in [2.45, 2.75) is 12.8 Å². The van der Waals surface area contributed by atoms with Crippen LogP contribution in [0.15, 0.2) is 18.2 Å².